The summed E-state index contributed by atoms with van der Waals surface area (Å²) in [6.45, 7) is 2.67. The molecule has 4 aromatic rings. The normalized spacial score (nSPS) is 16.9. The first-order chi connectivity index (χ1) is 17.5. The van der Waals surface area contributed by atoms with Crippen LogP contribution in [0.5, 0.6) is 5.75 Å². The molecule has 1 N–H and O–H groups in total. The highest BCUT2D eigenvalue weighted by atomic mass is 32.1. The maximum Gasteiger partial charge on any atom is 0.295 e. The molecule has 7 heteroatoms. The number of ketones is 1. The van der Waals surface area contributed by atoms with E-state index in [2.05, 4.69) is 11.1 Å². The molecule has 0 radical (unpaired) electrons. The molecule has 2 aromatic heterocycles. The minimum absolute atomic E-state index is 0.0831. The van der Waals surface area contributed by atoms with Crippen LogP contribution in [0.1, 0.15) is 33.2 Å². The number of hydrogen-bond acceptors (Lipinski definition) is 6. The fourth-order valence-corrected chi connectivity index (χ4v) is 5.15. The van der Waals surface area contributed by atoms with Gasteiger partial charge in [0.05, 0.1) is 11.6 Å². The summed E-state index contributed by atoms with van der Waals surface area (Å²) in [5.41, 5.74) is 3.55. The highest BCUT2D eigenvalue weighted by Gasteiger charge is 2.46. The Kier molecular flexibility index (Phi) is 6.64. The fraction of sp³-hybridized carbons (Fsp3) is 0.138. The first kappa shape index (κ1) is 23.5. The fourth-order valence-electron chi connectivity index (χ4n) is 4.31. The standard InChI is InChI=1S/C29H24N2O4S/c1-19-5-2-6-20(15-19)18-35-23-11-9-22(10-12-23)27(32)25-26(24-8-4-14-36-24)31(29(34)28(25)33)17-21-7-3-13-30-16-21/h2-16,26,32H,17-18H2,1H3. The zero-order chi connectivity index (χ0) is 25.1. The summed E-state index contributed by atoms with van der Waals surface area (Å²) in [6.07, 6.45) is 3.32. The number of ether oxygens (including phenoxy) is 1. The van der Waals surface area contributed by atoms with E-state index in [0.717, 1.165) is 21.6 Å². The van der Waals surface area contributed by atoms with Gasteiger partial charge in [0, 0.05) is 29.4 Å². The van der Waals surface area contributed by atoms with Gasteiger partial charge in [0.2, 0.25) is 0 Å². The van der Waals surface area contributed by atoms with Gasteiger partial charge < -0.3 is 14.7 Å². The minimum Gasteiger partial charge on any atom is -0.507 e. The highest BCUT2D eigenvalue weighted by molar-refractivity contribution is 7.10. The lowest BCUT2D eigenvalue weighted by molar-refractivity contribution is -0.140. The number of hydrogen-bond donors (Lipinski definition) is 1. The number of rotatable bonds is 7. The molecule has 5 rings (SSSR count). The number of amides is 1. The largest absolute Gasteiger partial charge is 0.507 e. The first-order valence-corrected chi connectivity index (χ1v) is 12.4. The van der Waals surface area contributed by atoms with Crippen molar-refractivity contribution in [3.8, 4) is 5.75 Å². The lowest BCUT2D eigenvalue weighted by Gasteiger charge is -2.24. The van der Waals surface area contributed by atoms with Gasteiger partial charge in [-0.05, 0) is 59.8 Å². The van der Waals surface area contributed by atoms with E-state index >= 15 is 0 Å². The summed E-state index contributed by atoms with van der Waals surface area (Å²) in [7, 11) is 0. The molecule has 0 bridgehead atoms. The SMILES string of the molecule is Cc1cccc(COc2ccc(C(O)=C3C(=O)C(=O)N(Cc4cccnc4)C3c3cccs3)cc2)c1. The summed E-state index contributed by atoms with van der Waals surface area (Å²) in [6, 6.07) is 21.7. The van der Waals surface area contributed by atoms with Gasteiger partial charge in [0.15, 0.2) is 0 Å². The molecule has 180 valence electrons. The lowest BCUT2D eigenvalue weighted by atomic mass is 9.99. The van der Waals surface area contributed by atoms with E-state index in [1.54, 1.807) is 42.7 Å². The third-order valence-corrected chi connectivity index (χ3v) is 6.97. The third-order valence-electron chi connectivity index (χ3n) is 6.04. The molecule has 1 aliphatic heterocycles. The van der Waals surface area contributed by atoms with Gasteiger partial charge in [-0.15, -0.1) is 11.3 Å². The molecule has 2 aromatic carbocycles. The topological polar surface area (TPSA) is 79.7 Å². The van der Waals surface area contributed by atoms with E-state index in [1.165, 1.54) is 16.2 Å². The number of carbonyl (C=O) groups is 2. The third kappa shape index (κ3) is 4.78. The summed E-state index contributed by atoms with van der Waals surface area (Å²) < 4.78 is 5.88. The zero-order valence-electron chi connectivity index (χ0n) is 19.6. The molecule has 1 amide bonds. The van der Waals surface area contributed by atoms with Gasteiger partial charge in [-0.3, -0.25) is 14.6 Å². The Bertz CT molecular complexity index is 1410. The van der Waals surface area contributed by atoms with Crippen molar-refractivity contribution in [2.45, 2.75) is 26.1 Å². The van der Waals surface area contributed by atoms with Crippen LogP contribution in [0.15, 0.2) is 96.1 Å². The number of Topliss-reactive ketones (excluding diaryl/α,β-unsaturated/α-hetero) is 1. The average Bonchev–Trinajstić information content (AvgIpc) is 3.51. The van der Waals surface area contributed by atoms with Gasteiger partial charge in [-0.2, -0.15) is 0 Å². The number of aryl methyl sites for hydroxylation is 1. The molecule has 1 aliphatic rings. The zero-order valence-corrected chi connectivity index (χ0v) is 20.4. The van der Waals surface area contributed by atoms with Crippen molar-refractivity contribution in [1.82, 2.24) is 9.88 Å². The van der Waals surface area contributed by atoms with Gasteiger partial charge in [0.1, 0.15) is 18.1 Å². The Labute approximate surface area is 213 Å². The second-order valence-electron chi connectivity index (χ2n) is 8.61. The number of carbonyl (C=O) groups excluding carboxylic acids is 2. The number of pyridine rings is 1. The van der Waals surface area contributed by atoms with E-state index in [0.29, 0.717) is 17.9 Å². The Balaban J connectivity index is 1.43. The smallest absolute Gasteiger partial charge is 0.295 e. The number of aliphatic hydroxyl groups is 1. The first-order valence-electron chi connectivity index (χ1n) is 11.5. The molecule has 0 spiro atoms. The number of aliphatic hydroxyl groups excluding tert-OH is 1. The van der Waals surface area contributed by atoms with Crippen LogP contribution in [0.3, 0.4) is 0 Å². The molecule has 1 saturated heterocycles. The van der Waals surface area contributed by atoms with Gasteiger partial charge in [-0.25, -0.2) is 0 Å². The summed E-state index contributed by atoms with van der Waals surface area (Å²) >= 11 is 1.44. The van der Waals surface area contributed by atoms with Crippen LogP contribution in [0.2, 0.25) is 0 Å². The van der Waals surface area contributed by atoms with Crippen molar-refractivity contribution in [3.05, 3.63) is 123 Å². The Hall–Kier alpha value is -4.23. The molecular weight excluding hydrogens is 472 g/mol. The van der Waals surface area contributed by atoms with E-state index in [9.17, 15) is 14.7 Å². The minimum atomic E-state index is -0.699. The molecule has 6 nitrogen and oxygen atoms in total. The van der Waals surface area contributed by atoms with Crippen molar-refractivity contribution < 1.29 is 19.4 Å². The Morgan fingerprint density at radius 3 is 2.53 bits per heavy atom. The highest BCUT2D eigenvalue weighted by Crippen LogP contribution is 2.42. The van der Waals surface area contributed by atoms with Crippen molar-refractivity contribution in [2.24, 2.45) is 0 Å². The average molecular weight is 497 g/mol. The monoisotopic (exact) mass is 496 g/mol. The van der Waals surface area contributed by atoms with E-state index in [4.69, 9.17) is 4.74 Å². The van der Waals surface area contributed by atoms with Gasteiger partial charge in [-0.1, -0.05) is 42.0 Å². The number of nitrogens with zero attached hydrogens (tertiary/aromatic N) is 2. The molecule has 0 saturated carbocycles. The predicted octanol–water partition coefficient (Wildman–Crippen LogP) is 5.65. The second-order valence-corrected chi connectivity index (χ2v) is 9.59. The van der Waals surface area contributed by atoms with Crippen LogP contribution in [0, 0.1) is 6.92 Å². The number of benzene rings is 2. The maximum atomic E-state index is 13.1. The van der Waals surface area contributed by atoms with Gasteiger partial charge >= 0.3 is 0 Å². The van der Waals surface area contributed by atoms with Crippen molar-refractivity contribution in [2.75, 3.05) is 0 Å². The van der Waals surface area contributed by atoms with Crippen LogP contribution >= 0.6 is 11.3 Å². The van der Waals surface area contributed by atoms with E-state index in [1.807, 2.05) is 48.7 Å². The maximum absolute atomic E-state index is 13.1. The Morgan fingerprint density at radius 1 is 1.03 bits per heavy atom. The van der Waals surface area contributed by atoms with Crippen LogP contribution in [0.25, 0.3) is 5.76 Å². The van der Waals surface area contributed by atoms with Crippen molar-refractivity contribution in [1.29, 1.82) is 0 Å². The summed E-state index contributed by atoms with van der Waals surface area (Å²) in [4.78, 5) is 32.6. The number of thiophene rings is 1. The summed E-state index contributed by atoms with van der Waals surface area (Å²) in [5.74, 6) is -0.906. The van der Waals surface area contributed by atoms with E-state index < -0.39 is 17.7 Å². The Morgan fingerprint density at radius 2 is 1.83 bits per heavy atom. The van der Waals surface area contributed by atoms with Crippen molar-refractivity contribution >= 4 is 28.8 Å². The van der Waals surface area contributed by atoms with Gasteiger partial charge in [0.25, 0.3) is 11.7 Å². The van der Waals surface area contributed by atoms with Crippen LogP contribution < -0.4 is 4.74 Å². The quantitative estimate of drug-likeness (QED) is 0.203. The van der Waals surface area contributed by atoms with Crippen molar-refractivity contribution in [3.63, 3.8) is 0 Å². The molecule has 1 atom stereocenters. The summed E-state index contributed by atoms with van der Waals surface area (Å²) in [5, 5.41) is 13.1. The molecule has 36 heavy (non-hydrogen) atoms. The van der Waals surface area contributed by atoms with Crippen LogP contribution in [-0.2, 0) is 22.7 Å². The second kappa shape index (κ2) is 10.2. The number of likely N-dealkylation sites (tertiary alicyclic amines) is 1. The molecule has 3 heterocycles. The van der Waals surface area contributed by atoms with Crippen LogP contribution in [0.4, 0.5) is 0 Å². The molecule has 1 unspecified atom stereocenters. The molecular formula is C29H24N2O4S. The predicted molar refractivity (Wildman–Crippen MR) is 138 cm³/mol. The molecule has 0 aliphatic carbocycles. The lowest BCUT2D eigenvalue weighted by Crippen LogP contribution is -2.28. The number of aromatic nitrogens is 1. The van der Waals surface area contributed by atoms with E-state index in [-0.39, 0.29) is 17.9 Å². The van der Waals surface area contributed by atoms with Crippen LogP contribution in [-0.4, -0.2) is 26.7 Å². The molecule has 1 fully saturated rings.